The van der Waals surface area contributed by atoms with Crippen molar-refractivity contribution >= 4 is 22.5 Å². The van der Waals surface area contributed by atoms with Crippen molar-refractivity contribution in [1.29, 1.82) is 0 Å². The summed E-state index contributed by atoms with van der Waals surface area (Å²) in [6, 6.07) is 7.70. The molecule has 0 bridgehead atoms. The van der Waals surface area contributed by atoms with E-state index < -0.39 is 23.0 Å². The van der Waals surface area contributed by atoms with Gasteiger partial charge in [0.05, 0.1) is 23.2 Å². The van der Waals surface area contributed by atoms with Crippen LogP contribution < -0.4 is 15.5 Å². The zero-order chi connectivity index (χ0) is 18.8. The summed E-state index contributed by atoms with van der Waals surface area (Å²) in [7, 11) is 1.68. The standard InChI is InChI=1S/C19H16F2N2O3/c1-3-26-12-5-7-17-13(9-12)18(24)14(10-23(17)2)19(25)22-16-8-11(20)4-6-15(16)21/h4-10H,3H2,1-2H3,(H,22,25). The van der Waals surface area contributed by atoms with Gasteiger partial charge in [0.15, 0.2) is 0 Å². The van der Waals surface area contributed by atoms with E-state index in [0.29, 0.717) is 23.3 Å². The minimum atomic E-state index is -0.821. The fourth-order valence-electron chi connectivity index (χ4n) is 2.67. The second-order valence-electron chi connectivity index (χ2n) is 5.67. The number of carbonyl (C=O) groups excluding carboxylic acids is 1. The van der Waals surface area contributed by atoms with E-state index >= 15 is 0 Å². The van der Waals surface area contributed by atoms with Gasteiger partial charge in [-0.05, 0) is 37.3 Å². The number of nitrogens with one attached hydrogen (secondary N) is 1. The number of pyridine rings is 1. The molecule has 0 saturated carbocycles. The van der Waals surface area contributed by atoms with Gasteiger partial charge in [0.25, 0.3) is 5.91 Å². The van der Waals surface area contributed by atoms with Crippen LogP contribution in [0.25, 0.3) is 10.9 Å². The number of anilines is 1. The molecule has 0 fully saturated rings. The summed E-state index contributed by atoms with van der Waals surface area (Å²) in [5.74, 6) is -1.81. The quantitative estimate of drug-likeness (QED) is 0.777. The first-order valence-electron chi connectivity index (χ1n) is 7.93. The maximum absolute atomic E-state index is 13.7. The van der Waals surface area contributed by atoms with Crippen molar-refractivity contribution in [1.82, 2.24) is 4.57 Å². The lowest BCUT2D eigenvalue weighted by Crippen LogP contribution is -2.24. The molecule has 0 aliphatic carbocycles. The topological polar surface area (TPSA) is 60.3 Å². The Kier molecular flexibility index (Phi) is 4.71. The van der Waals surface area contributed by atoms with Gasteiger partial charge in [-0.1, -0.05) is 0 Å². The van der Waals surface area contributed by atoms with Crippen LogP contribution in [0.15, 0.2) is 47.4 Å². The highest BCUT2D eigenvalue weighted by Gasteiger charge is 2.17. The van der Waals surface area contributed by atoms with Crippen LogP contribution >= 0.6 is 0 Å². The summed E-state index contributed by atoms with van der Waals surface area (Å²) in [5, 5.41) is 2.54. The molecule has 2 aromatic carbocycles. The Labute approximate surface area is 147 Å². The van der Waals surface area contributed by atoms with E-state index in [1.807, 2.05) is 6.92 Å². The molecular formula is C19H16F2N2O3. The third kappa shape index (κ3) is 3.28. The third-order valence-corrected chi connectivity index (χ3v) is 3.89. The first-order chi connectivity index (χ1) is 12.4. The number of hydrogen-bond donors (Lipinski definition) is 1. The Morgan fingerprint density at radius 2 is 1.96 bits per heavy atom. The van der Waals surface area contributed by atoms with Crippen LogP contribution in [0.1, 0.15) is 17.3 Å². The number of carbonyl (C=O) groups is 1. The van der Waals surface area contributed by atoms with Crippen LogP contribution in [-0.2, 0) is 7.05 Å². The van der Waals surface area contributed by atoms with Gasteiger partial charge in [-0.3, -0.25) is 9.59 Å². The first kappa shape index (κ1) is 17.6. The van der Waals surface area contributed by atoms with Crippen LogP contribution in [0.3, 0.4) is 0 Å². The van der Waals surface area contributed by atoms with E-state index in [4.69, 9.17) is 4.74 Å². The van der Waals surface area contributed by atoms with E-state index in [9.17, 15) is 18.4 Å². The monoisotopic (exact) mass is 358 g/mol. The minimum Gasteiger partial charge on any atom is -0.494 e. The molecule has 0 radical (unpaired) electrons. The lowest BCUT2D eigenvalue weighted by Gasteiger charge is -2.11. The number of benzene rings is 2. The van der Waals surface area contributed by atoms with Crippen LogP contribution in [0.2, 0.25) is 0 Å². The van der Waals surface area contributed by atoms with Crippen LogP contribution in [0, 0.1) is 11.6 Å². The first-order valence-corrected chi connectivity index (χ1v) is 7.93. The summed E-state index contributed by atoms with van der Waals surface area (Å²) in [4.78, 5) is 25.2. The van der Waals surface area contributed by atoms with Crippen molar-refractivity contribution in [2.45, 2.75) is 6.92 Å². The zero-order valence-corrected chi connectivity index (χ0v) is 14.2. The lowest BCUT2D eigenvalue weighted by molar-refractivity contribution is 0.102. The molecule has 134 valence electrons. The third-order valence-electron chi connectivity index (χ3n) is 3.89. The molecule has 5 nitrogen and oxygen atoms in total. The number of aromatic nitrogens is 1. The number of nitrogens with zero attached hydrogens (tertiary/aromatic N) is 1. The molecule has 1 heterocycles. The highest BCUT2D eigenvalue weighted by molar-refractivity contribution is 6.05. The average molecular weight is 358 g/mol. The predicted molar refractivity (Wildman–Crippen MR) is 94.7 cm³/mol. The number of halogens is 2. The Bertz CT molecular complexity index is 1060. The van der Waals surface area contributed by atoms with Gasteiger partial charge in [0, 0.05) is 19.3 Å². The number of ether oxygens (including phenoxy) is 1. The van der Waals surface area contributed by atoms with Crippen molar-refractivity contribution in [3.05, 3.63) is 70.0 Å². The summed E-state index contributed by atoms with van der Waals surface area (Å²) >= 11 is 0. The van der Waals surface area contributed by atoms with Gasteiger partial charge < -0.3 is 14.6 Å². The Balaban J connectivity index is 2.06. The van der Waals surface area contributed by atoms with E-state index in [1.165, 1.54) is 6.20 Å². The summed E-state index contributed by atoms with van der Waals surface area (Å²) in [5.41, 5.74) is -0.418. The van der Waals surface area contributed by atoms with E-state index in [2.05, 4.69) is 5.32 Å². The number of aryl methyl sites for hydroxylation is 1. The largest absolute Gasteiger partial charge is 0.494 e. The maximum Gasteiger partial charge on any atom is 0.261 e. The zero-order valence-electron chi connectivity index (χ0n) is 14.2. The maximum atomic E-state index is 13.7. The van der Waals surface area contributed by atoms with Crippen molar-refractivity contribution < 1.29 is 18.3 Å². The van der Waals surface area contributed by atoms with Crippen molar-refractivity contribution in [3.8, 4) is 5.75 Å². The molecule has 3 rings (SSSR count). The fourth-order valence-corrected chi connectivity index (χ4v) is 2.67. The number of amides is 1. The SMILES string of the molecule is CCOc1ccc2c(c1)c(=O)c(C(=O)Nc1cc(F)ccc1F)cn2C. The van der Waals surface area contributed by atoms with E-state index in [1.54, 1.807) is 29.8 Å². The van der Waals surface area contributed by atoms with Gasteiger partial charge in [0.2, 0.25) is 5.43 Å². The molecular weight excluding hydrogens is 342 g/mol. The van der Waals surface area contributed by atoms with Gasteiger partial charge in [0.1, 0.15) is 22.9 Å². The van der Waals surface area contributed by atoms with Gasteiger partial charge >= 0.3 is 0 Å². The molecule has 0 spiro atoms. The summed E-state index contributed by atoms with van der Waals surface area (Å²) in [6.07, 6.45) is 1.36. The second kappa shape index (κ2) is 6.95. The van der Waals surface area contributed by atoms with Crippen molar-refractivity contribution in [2.24, 2.45) is 7.05 Å². The van der Waals surface area contributed by atoms with Crippen LogP contribution in [0.4, 0.5) is 14.5 Å². The molecule has 1 aromatic heterocycles. The Morgan fingerprint density at radius 1 is 1.19 bits per heavy atom. The highest BCUT2D eigenvalue weighted by atomic mass is 19.1. The van der Waals surface area contributed by atoms with Gasteiger partial charge in [-0.25, -0.2) is 8.78 Å². The second-order valence-corrected chi connectivity index (χ2v) is 5.67. The molecule has 0 unspecified atom stereocenters. The molecule has 3 aromatic rings. The highest BCUT2D eigenvalue weighted by Crippen LogP contribution is 2.20. The van der Waals surface area contributed by atoms with E-state index in [0.717, 1.165) is 18.2 Å². The Morgan fingerprint density at radius 3 is 2.69 bits per heavy atom. The van der Waals surface area contributed by atoms with Gasteiger partial charge in [-0.15, -0.1) is 0 Å². The number of hydrogen-bond acceptors (Lipinski definition) is 3. The predicted octanol–water partition coefficient (Wildman–Crippen LogP) is 3.47. The normalized spacial score (nSPS) is 10.8. The van der Waals surface area contributed by atoms with Crippen LogP contribution in [0.5, 0.6) is 5.75 Å². The summed E-state index contributed by atoms with van der Waals surface area (Å²) < 4.78 is 34.0. The molecule has 0 aliphatic heterocycles. The minimum absolute atomic E-state index is 0.183. The molecule has 0 atom stereocenters. The Hall–Kier alpha value is -3.22. The number of fused-ring (bicyclic) bond motifs is 1. The number of rotatable bonds is 4. The molecule has 7 heteroatoms. The molecule has 0 aliphatic rings. The summed E-state index contributed by atoms with van der Waals surface area (Å²) in [6.45, 7) is 2.25. The lowest BCUT2D eigenvalue weighted by atomic mass is 10.1. The van der Waals surface area contributed by atoms with Crippen molar-refractivity contribution in [3.63, 3.8) is 0 Å². The average Bonchev–Trinajstić information content (AvgIpc) is 2.61. The van der Waals surface area contributed by atoms with Gasteiger partial charge in [-0.2, -0.15) is 0 Å². The smallest absolute Gasteiger partial charge is 0.261 e. The van der Waals surface area contributed by atoms with Crippen molar-refractivity contribution in [2.75, 3.05) is 11.9 Å². The molecule has 1 N–H and O–H groups in total. The molecule has 26 heavy (non-hydrogen) atoms. The van der Waals surface area contributed by atoms with Crippen LogP contribution in [-0.4, -0.2) is 17.1 Å². The molecule has 1 amide bonds. The fraction of sp³-hybridized carbons (Fsp3) is 0.158. The molecule has 0 saturated heterocycles. The van der Waals surface area contributed by atoms with E-state index in [-0.39, 0.29) is 11.3 Å².